The van der Waals surface area contributed by atoms with Crippen molar-refractivity contribution in [2.24, 2.45) is 5.92 Å². The van der Waals surface area contributed by atoms with Gasteiger partial charge < -0.3 is 4.90 Å². The third kappa shape index (κ3) is 3.82. The van der Waals surface area contributed by atoms with E-state index in [9.17, 15) is 23.3 Å². The lowest BCUT2D eigenvalue weighted by Gasteiger charge is -2.36. The number of hydrogen-bond donors (Lipinski definition) is 0. The van der Waals surface area contributed by atoms with E-state index in [-0.39, 0.29) is 23.9 Å². The quantitative estimate of drug-likeness (QED) is 0.549. The minimum absolute atomic E-state index is 0.0470. The molecule has 0 bridgehead atoms. The van der Waals surface area contributed by atoms with Crippen LogP contribution in [0.25, 0.3) is 0 Å². The largest absolute Gasteiger partial charge is 0.338 e. The van der Waals surface area contributed by atoms with Crippen molar-refractivity contribution in [3.05, 3.63) is 69.8 Å². The molecule has 4 rings (SSSR count). The van der Waals surface area contributed by atoms with E-state index < -0.39 is 26.6 Å². The van der Waals surface area contributed by atoms with Crippen LogP contribution in [0.1, 0.15) is 24.0 Å². The van der Waals surface area contributed by atoms with Gasteiger partial charge in [0.2, 0.25) is 15.9 Å². The number of rotatable bonds is 4. The molecule has 2 aromatic rings. The Morgan fingerprint density at radius 2 is 1.73 bits per heavy atom. The molecule has 2 heterocycles. The number of hydrogen-bond acceptors (Lipinski definition) is 5. The van der Waals surface area contributed by atoms with Crippen LogP contribution in [-0.4, -0.2) is 48.1 Å². The van der Waals surface area contributed by atoms with Crippen LogP contribution in [-0.2, 0) is 27.8 Å². The number of benzene rings is 2. The summed E-state index contributed by atoms with van der Waals surface area (Å²) in [6, 6.07) is 13.4. The molecular weight excluding hydrogens is 406 g/mol. The molecule has 2 aliphatic heterocycles. The number of amides is 1. The van der Waals surface area contributed by atoms with Crippen molar-refractivity contribution in [1.82, 2.24) is 9.21 Å². The van der Waals surface area contributed by atoms with Crippen molar-refractivity contribution in [1.29, 1.82) is 0 Å². The van der Waals surface area contributed by atoms with Gasteiger partial charge in [-0.05, 0) is 36.5 Å². The zero-order chi connectivity index (χ0) is 21.3. The summed E-state index contributed by atoms with van der Waals surface area (Å²) in [4.78, 5) is 25.2. The molecule has 0 aliphatic carbocycles. The minimum atomic E-state index is -4.06. The van der Waals surface area contributed by atoms with Gasteiger partial charge in [-0.15, -0.1) is 0 Å². The maximum absolute atomic E-state index is 13.1. The lowest BCUT2D eigenvalue weighted by atomic mass is 9.95. The van der Waals surface area contributed by atoms with Gasteiger partial charge in [-0.25, -0.2) is 8.42 Å². The van der Waals surface area contributed by atoms with Crippen molar-refractivity contribution in [3.8, 4) is 0 Å². The Kier molecular flexibility index (Phi) is 5.57. The van der Waals surface area contributed by atoms with Gasteiger partial charge in [0.25, 0.3) is 5.69 Å². The first-order valence-electron chi connectivity index (χ1n) is 9.97. The molecule has 0 N–H and O–H groups in total. The average Bonchev–Trinajstić information content (AvgIpc) is 2.78. The van der Waals surface area contributed by atoms with Crippen LogP contribution in [0.3, 0.4) is 0 Å². The van der Waals surface area contributed by atoms with Crippen molar-refractivity contribution in [3.63, 3.8) is 0 Å². The highest BCUT2D eigenvalue weighted by molar-refractivity contribution is 7.89. The van der Waals surface area contributed by atoms with Crippen molar-refractivity contribution in [2.75, 3.05) is 19.6 Å². The number of para-hydroxylation sites is 1. The fourth-order valence-electron chi connectivity index (χ4n) is 4.27. The number of carbonyl (C=O) groups excluding carboxylic acids is 1. The molecular formula is C21H23N3O5S. The summed E-state index contributed by atoms with van der Waals surface area (Å²) >= 11 is 0. The third-order valence-corrected chi connectivity index (χ3v) is 7.77. The molecule has 0 aromatic heterocycles. The number of nitrogens with zero attached hydrogens (tertiary/aromatic N) is 3. The van der Waals surface area contributed by atoms with Crippen LogP contribution in [0.4, 0.5) is 5.69 Å². The normalized spacial score (nSPS) is 19.9. The smallest absolute Gasteiger partial charge is 0.289 e. The first kappa shape index (κ1) is 20.5. The second-order valence-corrected chi connectivity index (χ2v) is 9.61. The molecule has 0 saturated carbocycles. The van der Waals surface area contributed by atoms with Gasteiger partial charge in [0, 0.05) is 32.2 Å². The Balaban J connectivity index is 1.52. The number of fused-ring (bicyclic) bond motifs is 1. The summed E-state index contributed by atoms with van der Waals surface area (Å²) in [5.74, 6) is -0.492. The summed E-state index contributed by atoms with van der Waals surface area (Å²) in [5, 5.41) is 11.3. The van der Waals surface area contributed by atoms with Crippen LogP contribution in [0.5, 0.6) is 0 Å². The number of nitro groups is 1. The lowest BCUT2D eigenvalue weighted by molar-refractivity contribution is -0.387. The SMILES string of the molecule is O=C(C1CCCN(S(=O)(=O)c2ccccc2[N+](=O)[O-])C1)N1CCc2ccccc2C1. The van der Waals surface area contributed by atoms with E-state index in [2.05, 4.69) is 6.07 Å². The second kappa shape index (κ2) is 8.16. The molecule has 1 amide bonds. The molecule has 1 saturated heterocycles. The Labute approximate surface area is 175 Å². The fourth-order valence-corrected chi connectivity index (χ4v) is 5.95. The van der Waals surface area contributed by atoms with Crippen LogP contribution >= 0.6 is 0 Å². The Morgan fingerprint density at radius 1 is 1.03 bits per heavy atom. The minimum Gasteiger partial charge on any atom is -0.338 e. The first-order chi connectivity index (χ1) is 14.4. The highest BCUT2D eigenvalue weighted by Gasteiger charge is 2.38. The molecule has 8 nitrogen and oxygen atoms in total. The van der Waals surface area contributed by atoms with Gasteiger partial charge >= 0.3 is 0 Å². The Morgan fingerprint density at radius 3 is 2.50 bits per heavy atom. The molecule has 2 aromatic carbocycles. The molecule has 158 valence electrons. The monoisotopic (exact) mass is 429 g/mol. The van der Waals surface area contributed by atoms with E-state index in [0.29, 0.717) is 25.9 Å². The van der Waals surface area contributed by atoms with E-state index in [1.54, 1.807) is 4.90 Å². The third-order valence-electron chi connectivity index (χ3n) is 5.86. The number of sulfonamides is 1. The zero-order valence-electron chi connectivity index (χ0n) is 16.4. The van der Waals surface area contributed by atoms with Gasteiger partial charge in [0.15, 0.2) is 4.90 Å². The van der Waals surface area contributed by atoms with Gasteiger partial charge in [-0.2, -0.15) is 4.31 Å². The molecule has 1 atom stereocenters. The molecule has 9 heteroatoms. The average molecular weight is 429 g/mol. The molecule has 30 heavy (non-hydrogen) atoms. The van der Waals surface area contributed by atoms with E-state index in [0.717, 1.165) is 12.0 Å². The summed E-state index contributed by atoms with van der Waals surface area (Å²) in [5.41, 5.74) is 1.92. The standard InChI is InChI=1S/C21H23N3O5S/c25-21(22-13-11-16-6-1-2-7-17(16)14-22)18-8-5-12-23(15-18)30(28,29)20-10-4-3-9-19(20)24(26)27/h1-4,6-7,9-10,18H,5,8,11-15H2. The van der Waals surface area contributed by atoms with Crippen molar-refractivity contribution in [2.45, 2.75) is 30.7 Å². The number of nitro benzene ring substituents is 1. The highest BCUT2D eigenvalue weighted by atomic mass is 32.2. The van der Waals surface area contributed by atoms with Gasteiger partial charge in [-0.1, -0.05) is 36.4 Å². The predicted octanol–water partition coefficient (Wildman–Crippen LogP) is 2.58. The highest BCUT2D eigenvalue weighted by Crippen LogP contribution is 2.30. The van der Waals surface area contributed by atoms with Crippen LogP contribution < -0.4 is 0 Å². The molecule has 2 aliphatic rings. The first-order valence-corrected chi connectivity index (χ1v) is 11.4. The summed E-state index contributed by atoms with van der Waals surface area (Å²) in [7, 11) is -4.06. The van der Waals surface area contributed by atoms with E-state index >= 15 is 0 Å². The summed E-state index contributed by atoms with van der Waals surface area (Å²) in [6.07, 6.45) is 1.94. The number of carbonyl (C=O) groups is 1. The van der Waals surface area contributed by atoms with Crippen LogP contribution in [0.15, 0.2) is 53.4 Å². The topological polar surface area (TPSA) is 101 Å². The lowest BCUT2D eigenvalue weighted by Crippen LogP contribution is -2.47. The molecule has 0 spiro atoms. The summed E-state index contributed by atoms with van der Waals surface area (Å²) < 4.78 is 27.5. The number of piperidine rings is 1. The maximum atomic E-state index is 13.1. The van der Waals surface area contributed by atoms with Gasteiger partial charge in [0.05, 0.1) is 10.8 Å². The fraction of sp³-hybridized carbons (Fsp3) is 0.381. The Hall–Kier alpha value is -2.78. The summed E-state index contributed by atoms with van der Waals surface area (Å²) in [6.45, 7) is 1.44. The maximum Gasteiger partial charge on any atom is 0.289 e. The van der Waals surface area contributed by atoms with E-state index in [4.69, 9.17) is 0 Å². The molecule has 1 unspecified atom stereocenters. The molecule has 1 fully saturated rings. The predicted molar refractivity (Wildman–Crippen MR) is 110 cm³/mol. The zero-order valence-corrected chi connectivity index (χ0v) is 17.3. The van der Waals surface area contributed by atoms with Crippen LogP contribution in [0, 0.1) is 16.0 Å². The van der Waals surface area contributed by atoms with Gasteiger partial charge in [0.1, 0.15) is 0 Å². The second-order valence-electron chi connectivity index (χ2n) is 7.71. The van der Waals surface area contributed by atoms with Crippen LogP contribution in [0.2, 0.25) is 0 Å². The van der Waals surface area contributed by atoms with E-state index in [1.807, 2.05) is 18.2 Å². The van der Waals surface area contributed by atoms with Crippen molar-refractivity contribution < 1.29 is 18.1 Å². The van der Waals surface area contributed by atoms with E-state index in [1.165, 1.54) is 34.1 Å². The van der Waals surface area contributed by atoms with Gasteiger partial charge in [-0.3, -0.25) is 14.9 Å². The van der Waals surface area contributed by atoms with Crippen molar-refractivity contribution >= 4 is 21.6 Å². The molecule has 0 radical (unpaired) electrons. The Bertz CT molecular complexity index is 1090.